The third-order valence-electron chi connectivity index (χ3n) is 1.78. The summed E-state index contributed by atoms with van der Waals surface area (Å²) in [7, 11) is 0. The number of nitrogens with one attached hydrogen (secondary N) is 1. The molecular formula is C10H8BrFN2O2. The largest absolute Gasteiger partial charge is 0.368 e. The molecule has 0 fully saturated rings. The van der Waals surface area contributed by atoms with Crippen molar-refractivity contribution in [2.45, 2.75) is 6.92 Å². The average Bonchev–Trinajstić information content (AvgIpc) is 2.23. The number of hydrogen-bond acceptors (Lipinski definition) is 3. The molecule has 0 amide bonds. The van der Waals surface area contributed by atoms with Crippen LogP contribution in [0.15, 0.2) is 16.6 Å². The van der Waals surface area contributed by atoms with E-state index in [1.54, 1.807) is 6.92 Å². The summed E-state index contributed by atoms with van der Waals surface area (Å²) in [6.07, 6.45) is 0. The van der Waals surface area contributed by atoms with E-state index in [1.165, 1.54) is 0 Å². The third kappa shape index (κ3) is 2.94. The van der Waals surface area contributed by atoms with Crippen LogP contribution in [0.3, 0.4) is 0 Å². The van der Waals surface area contributed by atoms with E-state index in [1.807, 2.05) is 0 Å². The fourth-order valence-corrected chi connectivity index (χ4v) is 1.39. The molecule has 0 saturated heterocycles. The van der Waals surface area contributed by atoms with Gasteiger partial charge < -0.3 is 5.32 Å². The second-order valence-corrected chi connectivity index (χ2v) is 3.68. The lowest BCUT2D eigenvalue weighted by molar-refractivity contribution is -0.384. The van der Waals surface area contributed by atoms with Crippen LogP contribution in [0.1, 0.15) is 6.92 Å². The molecule has 0 unspecified atom stereocenters. The molecule has 6 heteroatoms. The molecule has 0 bridgehead atoms. The van der Waals surface area contributed by atoms with Gasteiger partial charge in [-0.2, -0.15) is 0 Å². The van der Waals surface area contributed by atoms with E-state index in [-0.39, 0.29) is 22.4 Å². The summed E-state index contributed by atoms with van der Waals surface area (Å²) in [6, 6.07) is 2.19. The predicted octanol–water partition coefficient (Wildman–Crippen LogP) is 2.93. The Morgan fingerprint density at radius 3 is 2.88 bits per heavy atom. The zero-order chi connectivity index (χ0) is 12.1. The second-order valence-electron chi connectivity index (χ2n) is 2.82. The Bertz CT molecular complexity index is 480. The number of nitrogens with zero attached hydrogens (tertiary/aromatic N) is 1. The molecule has 1 rings (SSSR count). The van der Waals surface area contributed by atoms with E-state index >= 15 is 0 Å². The van der Waals surface area contributed by atoms with E-state index in [2.05, 4.69) is 33.1 Å². The quantitative estimate of drug-likeness (QED) is 0.528. The van der Waals surface area contributed by atoms with Gasteiger partial charge in [0.15, 0.2) is 0 Å². The molecule has 1 aromatic rings. The number of rotatable bonds is 3. The summed E-state index contributed by atoms with van der Waals surface area (Å²) < 4.78 is 13.2. The Morgan fingerprint density at radius 1 is 1.62 bits per heavy atom. The van der Waals surface area contributed by atoms with Crippen LogP contribution in [-0.4, -0.2) is 11.5 Å². The van der Waals surface area contributed by atoms with Gasteiger partial charge in [-0.05, 0) is 22.9 Å². The molecule has 0 aliphatic carbocycles. The van der Waals surface area contributed by atoms with Gasteiger partial charge in [-0.25, -0.2) is 4.39 Å². The van der Waals surface area contributed by atoms with Gasteiger partial charge in [0, 0.05) is 12.1 Å². The van der Waals surface area contributed by atoms with Gasteiger partial charge in [0.1, 0.15) is 11.5 Å². The van der Waals surface area contributed by atoms with Crippen LogP contribution in [0.4, 0.5) is 15.8 Å². The van der Waals surface area contributed by atoms with E-state index < -0.39 is 10.7 Å². The van der Waals surface area contributed by atoms with Gasteiger partial charge >= 0.3 is 0 Å². The van der Waals surface area contributed by atoms with Crippen molar-refractivity contribution in [3.63, 3.8) is 0 Å². The normalized spacial score (nSPS) is 9.19. The molecule has 16 heavy (non-hydrogen) atoms. The molecule has 0 radical (unpaired) electrons. The van der Waals surface area contributed by atoms with Crippen molar-refractivity contribution in [3.05, 3.63) is 32.5 Å². The van der Waals surface area contributed by atoms with Gasteiger partial charge in [-0.15, -0.1) is 5.92 Å². The molecule has 84 valence electrons. The number of hydrogen-bond donors (Lipinski definition) is 1. The monoisotopic (exact) mass is 286 g/mol. The topological polar surface area (TPSA) is 55.2 Å². The lowest BCUT2D eigenvalue weighted by atomic mass is 10.2. The number of nitro benzene ring substituents is 1. The molecule has 0 atom stereocenters. The first kappa shape index (κ1) is 12.5. The summed E-state index contributed by atoms with van der Waals surface area (Å²) in [5.41, 5.74) is -0.0698. The van der Waals surface area contributed by atoms with Gasteiger partial charge in [0.05, 0.1) is 15.9 Å². The number of benzene rings is 1. The minimum atomic E-state index is -0.577. The molecule has 0 heterocycles. The zero-order valence-corrected chi connectivity index (χ0v) is 9.97. The van der Waals surface area contributed by atoms with Crippen LogP contribution < -0.4 is 5.32 Å². The first-order valence-electron chi connectivity index (χ1n) is 4.33. The SMILES string of the molecule is CC#CCNc1cc(F)c(Br)cc1[N+](=O)[O-]. The van der Waals surface area contributed by atoms with Crippen LogP contribution >= 0.6 is 15.9 Å². The summed E-state index contributed by atoms with van der Waals surface area (Å²) in [5, 5.41) is 13.4. The molecule has 0 aromatic heterocycles. The maximum atomic E-state index is 13.2. The Balaban J connectivity index is 3.07. The van der Waals surface area contributed by atoms with Gasteiger partial charge in [0.25, 0.3) is 5.69 Å². The number of halogens is 2. The molecule has 4 nitrogen and oxygen atoms in total. The molecule has 0 aliphatic rings. The van der Waals surface area contributed by atoms with Gasteiger partial charge in [-0.3, -0.25) is 10.1 Å². The summed E-state index contributed by atoms with van der Waals surface area (Å²) >= 11 is 2.90. The standard InChI is InChI=1S/C10H8BrFN2O2/c1-2-3-4-13-9-6-8(12)7(11)5-10(9)14(15)16/h5-6,13H,4H2,1H3. The smallest absolute Gasteiger partial charge is 0.293 e. The molecule has 0 saturated carbocycles. The van der Waals surface area contributed by atoms with Crippen LogP contribution in [0, 0.1) is 27.8 Å². The minimum Gasteiger partial charge on any atom is -0.368 e. The van der Waals surface area contributed by atoms with Gasteiger partial charge in [-0.1, -0.05) is 5.92 Å². The molecule has 0 spiro atoms. The Labute approximate surface area is 100 Å². The highest BCUT2D eigenvalue weighted by Gasteiger charge is 2.16. The zero-order valence-electron chi connectivity index (χ0n) is 8.38. The van der Waals surface area contributed by atoms with Crippen molar-refractivity contribution in [1.82, 2.24) is 0 Å². The summed E-state index contributed by atoms with van der Waals surface area (Å²) in [4.78, 5) is 10.1. The Morgan fingerprint density at radius 2 is 2.31 bits per heavy atom. The van der Waals surface area contributed by atoms with Crippen molar-refractivity contribution in [2.24, 2.45) is 0 Å². The minimum absolute atomic E-state index is 0.0614. The van der Waals surface area contributed by atoms with E-state index in [4.69, 9.17) is 0 Å². The molecule has 0 aliphatic heterocycles. The average molecular weight is 287 g/mol. The number of anilines is 1. The van der Waals surface area contributed by atoms with E-state index in [0.717, 1.165) is 12.1 Å². The van der Waals surface area contributed by atoms with Crippen molar-refractivity contribution >= 4 is 27.3 Å². The van der Waals surface area contributed by atoms with Crippen LogP contribution in [0.5, 0.6) is 0 Å². The highest BCUT2D eigenvalue weighted by molar-refractivity contribution is 9.10. The lowest BCUT2D eigenvalue weighted by Crippen LogP contribution is -2.03. The highest BCUT2D eigenvalue weighted by atomic mass is 79.9. The summed E-state index contributed by atoms with van der Waals surface area (Å²) in [6.45, 7) is 1.89. The van der Waals surface area contributed by atoms with Crippen molar-refractivity contribution < 1.29 is 9.31 Å². The molecule has 1 N–H and O–H groups in total. The summed E-state index contributed by atoms with van der Waals surface area (Å²) in [5.74, 6) is 4.75. The first-order valence-corrected chi connectivity index (χ1v) is 5.12. The Kier molecular flexibility index (Phi) is 4.26. The van der Waals surface area contributed by atoms with Crippen molar-refractivity contribution in [3.8, 4) is 11.8 Å². The van der Waals surface area contributed by atoms with Crippen LogP contribution in [0.2, 0.25) is 0 Å². The lowest BCUT2D eigenvalue weighted by Gasteiger charge is -2.04. The van der Waals surface area contributed by atoms with E-state index in [0.29, 0.717) is 0 Å². The maximum Gasteiger partial charge on any atom is 0.293 e. The third-order valence-corrected chi connectivity index (χ3v) is 2.39. The first-order chi connectivity index (χ1) is 7.56. The maximum absolute atomic E-state index is 13.2. The van der Waals surface area contributed by atoms with E-state index in [9.17, 15) is 14.5 Å². The van der Waals surface area contributed by atoms with Crippen molar-refractivity contribution in [1.29, 1.82) is 0 Å². The van der Waals surface area contributed by atoms with Crippen molar-refractivity contribution in [2.75, 3.05) is 11.9 Å². The second kappa shape index (κ2) is 5.47. The fraction of sp³-hybridized carbons (Fsp3) is 0.200. The molecular weight excluding hydrogens is 279 g/mol. The number of nitro groups is 1. The fourth-order valence-electron chi connectivity index (χ4n) is 1.06. The van der Waals surface area contributed by atoms with Crippen LogP contribution in [0.25, 0.3) is 0 Å². The van der Waals surface area contributed by atoms with Gasteiger partial charge in [0.2, 0.25) is 0 Å². The highest BCUT2D eigenvalue weighted by Crippen LogP contribution is 2.30. The van der Waals surface area contributed by atoms with Crippen LogP contribution in [-0.2, 0) is 0 Å². The Hall–Kier alpha value is -1.61. The predicted molar refractivity (Wildman–Crippen MR) is 62.7 cm³/mol. The molecule has 1 aromatic carbocycles.